The van der Waals surface area contributed by atoms with Gasteiger partial charge >= 0.3 is 0 Å². The van der Waals surface area contributed by atoms with Gasteiger partial charge < -0.3 is 19.5 Å². The Balaban J connectivity index is 1.77. The molecule has 2 N–H and O–H groups in total. The van der Waals surface area contributed by atoms with Gasteiger partial charge in [0.25, 0.3) is 0 Å². The van der Waals surface area contributed by atoms with Gasteiger partial charge in [0.2, 0.25) is 15.9 Å². The Morgan fingerprint density at radius 2 is 1.57 bits per heavy atom. The van der Waals surface area contributed by atoms with Crippen LogP contribution in [-0.4, -0.2) is 41.2 Å². The number of methoxy groups -OCH3 is 2. The summed E-state index contributed by atoms with van der Waals surface area (Å²) in [4.78, 5) is 13.2. The Morgan fingerprint density at radius 1 is 0.886 bits per heavy atom. The molecule has 3 aromatic rings. The van der Waals surface area contributed by atoms with Crippen molar-refractivity contribution in [3.05, 3.63) is 83.9 Å². The molecule has 0 bridgehead atoms. The minimum atomic E-state index is -3.96. The Kier molecular flexibility index (Phi) is 9.11. The first-order valence-electron chi connectivity index (χ1n) is 11.1. The van der Waals surface area contributed by atoms with Gasteiger partial charge in [0.1, 0.15) is 11.8 Å². The largest absolute Gasteiger partial charge is 0.494 e. The molecule has 1 atom stereocenters. The number of carbonyl (C=O) groups is 1. The number of ether oxygens (including phenoxy) is 3. The number of nitrogens with one attached hydrogen (secondary N) is 2. The number of sulfonamides is 1. The van der Waals surface area contributed by atoms with E-state index < -0.39 is 22.0 Å². The third-order valence-electron chi connectivity index (χ3n) is 5.26. The second kappa shape index (κ2) is 12.2. The molecule has 3 rings (SSSR count). The predicted octanol–water partition coefficient (Wildman–Crippen LogP) is 3.31. The van der Waals surface area contributed by atoms with Crippen LogP contribution in [0.4, 0.5) is 0 Å². The molecule has 0 aromatic heterocycles. The van der Waals surface area contributed by atoms with Crippen molar-refractivity contribution in [2.24, 2.45) is 0 Å². The van der Waals surface area contributed by atoms with Gasteiger partial charge in [-0.3, -0.25) is 4.79 Å². The van der Waals surface area contributed by atoms with Crippen LogP contribution in [0.5, 0.6) is 17.2 Å². The van der Waals surface area contributed by atoms with E-state index in [0.29, 0.717) is 23.9 Å². The molecule has 0 heterocycles. The minimum Gasteiger partial charge on any atom is -0.494 e. The van der Waals surface area contributed by atoms with Crippen LogP contribution < -0.4 is 24.2 Å². The molecule has 0 radical (unpaired) electrons. The summed E-state index contributed by atoms with van der Waals surface area (Å²) in [5.41, 5.74) is 1.61. The van der Waals surface area contributed by atoms with Crippen LogP contribution in [0.3, 0.4) is 0 Å². The molecule has 0 fully saturated rings. The maximum Gasteiger partial charge on any atom is 0.241 e. The van der Waals surface area contributed by atoms with Crippen LogP contribution in [0.2, 0.25) is 0 Å². The molecule has 1 amide bonds. The van der Waals surface area contributed by atoms with Gasteiger partial charge in [-0.05, 0) is 60.9 Å². The monoisotopic (exact) mass is 498 g/mol. The van der Waals surface area contributed by atoms with E-state index in [4.69, 9.17) is 14.2 Å². The SMILES string of the molecule is CCOc1ccc(S(=O)(=O)N[C@@H](Cc2ccccc2)C(=O)NCc2ccc(OC)c(OC)c2)cc1. The minimum absolute atomic E-state index is 0.0479. The van der Waals surface area contributed by atoms with E-state index in [2.05, 4.69) is 10.0 Å². The highest BCUT2D eigenvalue weighted by Crippen LogP contribution is 2.27. The van der Waals surface area contributed by atoms with Gasteiger partial charge in [0.15, 0.2) is 11.5 Å². The Hall–Kier alpha value is -3.56. The molecule has 186 valence electrons. The summed E-state index contributed by atoms with van der Waals surface area (Å²) in [5, 5.41) is 2.83. The van der Waals surface area contributed by atoms with Crippen LogP contribution >= 0.6 is 0 Å². The van der Waals surface area contributed by atoms with Gasteiger partial charge in [-0.25, -0.2) is 8.42 Å². The van der Waals surface area contributed by atoms with Crippen molar-refractivity contribution in [1.82, 2.24) is 10.0 Å². The average Bonchev–Trinajstić information content (AvgIpc) is 2.87. The fourth-order valence-electron chi connectivity index (χ4n) is 3.48. The Morgan fingerprint density at radius 3 is 2.20 bits per heavy atom. The molecular weight excluding hydrogens is 468 g/mol. The van der Waals surface area contributed by atoms with Crippen LogP contribution in [0.1, 0.15) is 18.1 Å². The maximum atomic E-state index is 13.1. The molecule has 9 heteroatoms. The lowest BCUT2D eigenvalue weighted by molar-refractivity contribution is -0.122. The molecule has 0 aliphatic heterocycles. The molecule has 8 nitrogen and oxygen atoms in total. The number of hydrogen-bond acceptors (Lipinski definition) is 6. The Bertz CT molecular complexity index is 1210. The van der Waals surface area contributed by atoms with E-state index in [1.165, 1.54) is 19.2 Å². The molecule has 0 saturated heterocycles. The first-order chi connectivity index (χ1) is 16.9. The number of rotatable bonds is 12. The summed E-state index contributed by atoms with van der Waals surface area (Å²) in [7, 11) is -0.883. The number of hydrogen-bond donors (Lipinski definition) is 2. The van der Waals surface area contributed by atoms with Crippen LogP contribution in [0.25, 0.3) is 0 Å². The average molecular weight is 499 g/mol. The van der Waals surface area contributed by atoms with Crippen molar-refractivity contribution in [3.8, 4) is 17.2 Å². The van der Waals surface area contributed by atoms with E-state index in [1.807, 2.05) is 37.3 Å². The van der Waals surface area contributed by atoms with Crippen LogP contribution in [0.15, 0.2) is 77.7 Å². The fourth-order valence-corrected chi connectivity index (χ4v) is 4.67. The van der Waals surface area contributed by atoms with Gasteiger partial charge in [-0.2, -0.15) is 4.72 Å². The van der Waals surface area contributed by atoms with E-state index in [0.717, 1.165) is 11.1 Å². The van der Waals surface area contributed by atoms with Crippen LogP contribution in [0, 0.1) is 0 Å². The van der Waals surface area contributed by atoms with E-state index in [-0.39, 0.29) is 17.9 Å². The molecule has 0 unspecified atom stereocenters. The fraction of sp³-hybridized carbons (Fsp3) is 0.269. The van der Waals surface area contributed by atoms with Crippen molar-refractivity contribution >= 4 is 15.9 Å². The van der Waals surface area contributed by atoms with Crippen LogP contribution in [-0.2, 0) is 27.8 Å². The highest BCUT2D eigenvalue weighted by atomic mass is 32.2. The van der Waals surface area contributed by atoms with Crippen molar-refractivity contribution in [2.75, 3.05) is 20.8 Å². The summed E-state index contributed by atoms with van der Waals surface area (Å²) >= 11 is 0. The molecule has 3 aromatic carbocycles. The Labute approximate surface area is 206 Å². The lowest BCUT2D eigenvalue weighted by Crippen LogP contribution is -2.47. The van der Waals surface area contributed by atoms with Crippen molar-refractivity contribution < 1.29 is 27.4 Å². The number of amides is 1. The summed E-state index contributed by atoms with van der Waals surface area (Å²) in [6.45, 7) is 2.51. The first kappa shape index (κ1) is 26.1. The normalized spacial score (nSPS) is 12.0. The van der Waals surface area contributed by atoms with Crippen molar-refractivity contribution in [3.63, 3.8) is 0 Å². The molecule has 0 spiro atoms. The van der Waals surface area contributed by atoms with E-state index in [9.17, 15) is 13.2 Å². The van der Waals surface area contributed by atoms with Gasteiger partial charge in [-0.15, -0.1) is 0 Å². The first-order valence-corrected chi connectivity index (χ1v) is 12.6. The highest BCUT2D eigenvalue weighted by molar-refractivity contribution is 7.89. The zero-order valence-corrected chi connectivity index (χ0v) is 20.8. The maximum absolute atomic E-state index is 13.1. The van der Waals surface area contributed by atoms with Crippen molar-refractivity contribution in [1.29, 1.82) is 0 Å². The summed E-state index contributed by atoms with van der Waals surface area (Å²) in [6, 6.07) is 19.6. The van der Waals surface area contributed by atoms with Gasteiger partial charge in [0, 0.05) is 6.54 Å². The second-order valence-corrected chi connectivity index (χ2v) is 9.39. The summed E-state index contributed by atoms with van der Waals surface area (Å²) in [5.74, 6) is 1.24. The summed E-state index contributed by atoms with van der Waals surface area (Å²) in [6.07, 6.45) is 0.189. The van der Waals surface area contributed by atoms with Gasteiger partial charge in [-0.1, -0.05) is 36.4 Å². The molecule has 35 heavy (non-hydrogen) atoms. The standard InChI is InChI=1S/C26H30N2O6S/c1-4-34-21-11-13-22(14-12-21)35(30,31)28-23(16-19-8-6-5-7-9-19)26(29)27-18-20-10-15-24(32-2)25(17-20)33-3/h5-15,17,23,28H,4,16,18H2,1-3H3,(H,27,29)/t23-/m0/s1. The van der Waals surface area contributed by atoms with E-state index in [1.54, 1.807) is 37.4 Å². The number of carbonyl (C=O) groups excluding carboxylic acids is 1. The smallest absolute Gasteiger partial charge is 0.241 e. The number of benzene rings is 3. The van der Waals surface area contributed by atoms with Gasteiger partial charge in [0.05, 0.1) is 25.7 Å². The third-order valence-corrected chi connectivity index (χ3v) is 6.74. The van der Waals surface area contributed by atoms with Crippen molar-refractivity contribution in [2.45, 2.75) is 30.8 Å². The molecule has 0 aliphatic rings. The summed E-state index contributed by atoms with van der Waals surface area (Å²) < 4.78 is 44.6. The molecule has 0 aliphatic carbocycles. The lowest BCUT2D eigenvalue weighted by atomic mass is 10.1. The zero-order chi connectivity index (χ0) is 25.3. The predicted molar refractivity (Wildman–Crippen MR) is 133 cm³/mol. The third kappa shape index (κ3) is 7.21. The zero-order valence-electron chi connectivity index (χ0n) is 20.0. The second-order valence-electron chi connectivity index (χ2n) is 7.68. The van der Waals surface area contributed by atoms with E-state index >= 15 is 0 Å². The molecular formula is C26H30N2O6S. The topological polar surface area (TPSA) is 103 Å². The highest BCUT2D eigenvalue weighted by Gasteiger charge is 2.26. The quantitative estimate of drug-likeness (QED) is 0.397. The molecule has 0 saturated carbocycles. The lowest BCUT2D eigenvalue weighted by Gasteiger charge is -2.19.